The van der Waals surface area contributed by atoms with E-state index < -0.39 is 0 Å². The number of hydrogen-bond donors (Lipinski definition) is 2. The van der Waals surface area contributed by atoms with E-state index in [4.69, 9.17) is 4.74 Å². The Morgan fingerprint density at radius 1 is 1.09 bits per heavy atom. The third-order valence-electron chi connectivity index (χ3n) is 3.57. The number of hydrogen-bond acceptors (Lipinski definition) is 3. The Morgan fingerprint density at radius 2 is 1.87 bits per heavy atom. The number of amides is 1. The van der Waals surface area contributed by atoms with Crippen LogP contribution in [-0.4, -0.2) is 19.6 Å². The summed E-state index contributed by atoms with van der Waals surface area (Å²) in [5.74, 6) is 0.655. The van der Waals surface area contributed by atoms with Gasteiger partial charge in [0, 0.05) is 19.5 Å². The van der Waals surface area contributed by atoms with Gasteiger partial charge in [-0.2, -0.15) is 0 Å². The maximum Gasteiger partial charge on any atom is 0.225 e. The summed E-state index contributed by atoms with van der Waals surface area (Å²) >= 11 is 0. The summed E-state index contributed by atoms with van der Waals surface area (Å²) in [5, 5.41) is 6.20. The van der Waals surface area contributed by atoms with E-state index in [1.165, 1.54) is 11.1 Å². The number of methoxy groups -OCH3 is 1. The smallest absolute Gasteiger partial charge is 0.225 e. The monoisotopic (exact) mass is 312 g/mol. The molecule has 122 valence electrons. The Kier molecular flexibility index (Phi) is 6.18. The molecule has 0 fully saturated rings. The van der Waals surface area contributed by atoms with Crippen LogP contribution in [0.3, 0.4) is 0 Å². The molecule has 0 unspecified atom stereocenters. The number of benzene rings is 2. The highest BCUT2D eigenvalue weighted by molar-refractivity contribution is 5.92. The average molecular weight is 312 g/mol. The van der Waals surface area contributed by atoms with Crippen LogP contribution in [0.5, 0.6) is 5.75 Å². The number of aryl methyl sites for hydroxylation is 2. The van der Waals surface area contributed by atoms with E-state index in [-0.39, 0.29) is 5.91 Å². The fourth-order valence-corrected chi connectivity index (χ4v) is 2.39. The van der Waals surface area contributed by atoms with E-state index in [9.17, 15) is 4.79 Å². The Hall–Kier alpha value is -2.33. The van der Waals surface area contributed by atoms with Crippen molar-refractivity contribution >= 4 is 11.6 Å². The van der Waals surface area contributed by atoms with Gasteiger partial charge in [-0.25, -0.2) is 0 Å². The van der Waals surface area contributed by atoms with Crippen LogP contribution in [-0.2, 0) is 11.3 Å². The van der Waals surface area contributed by atoms with E-state index >= 15 is 0 Å². The normalized spacial score (nSPS) is 10.4. The maximum atomic E-state index is 12.1. The van der Waals surface area contributed by atoms with E-state index in [2.05, 4.69) is 35.8 Å². The summed E-state index contributed by atoms with van der Waals surface area (Å²) in [6.45, 7) is 5.46. The molecule has 0 heterocycles. The van der Waals surface area contributed by atoms with Gasteiger partial charge in [-0.1, -0.05) is 35.9 Å². The van der Waals surface area contributed by atoms with Crippen molar-refractivity contribution in [2.24, 2.45) is 0 Å². The summed E-state index contributed by atoms with van der Waals surface area (Å²) in [4.78, 5) is 12.1. The fraction of sp³-hybridized carbons (Fsp3) is 0.316. The fourth-order valence-electron chi connectivity index (χ4n) is 2.39. The number of anilines is 1. The minimum Gasteiger partial charge on any atom is -0.495 e. The lowest BCUT2D eigenvalue weighted by atomic mass is 10.1. The number of carbonyl (C=O) groups excluding carboxylic acids is 1. The first-order valence-corrected chi connectivity index (χ1v) is 7.79. The lowest BCUT2D eigenvalue weighted by molar-refractivity contribution is -0.116. The van der Waals surface area contributed by atoms with Gasteiger partial charge < -0.3 is 15.4 Å². The number of rotatable bonds is 7. The van der Waals surface area contributed by atoms with Gasteiger partial charge in [0.05, 0.1) is 12.8 Å². The zero-order chi connectivity index (χ0) is 16.7. The summed E-state index contributed by atoms with van der Waals surface area (Å²) in [7, 11) is 1.60. The second-order valence-corrected chi connectivity index (χ2v) is 5.67. The van der Waals surface area contributed by atoms with Crippen molar-refractivity contribution in [1.29, 1.82) is 0 Å². The third kappa shape index (κ3) is 5.42. The standard InChI is InChI=1S/C19H24N2O2/c1-14-5-4-6-16(11-14)13-20-10-9-19(22)21-17-12-15(2)7-8-18(17)23-3/h4-8,11-12,20H,9-10,13H2,1-3H3,(H,21,22). The van der Waals surface area contributed by atoms with E-state index in [0.717, 1.165) is 17.8 Å². The summed E-state index contributed by atoms with van der Waals surface area (Å²) in [5.41, 5.74) is 4.27. The summed E-state index contributed by atoms with van der Waals surface area (Å²) in [6.07, 6.45) is 0.420. The molecule has 2 aromatic carbocycles. The molecule has 0 aromatic heterocycles. The number of ether oxygens (including phenoxy) is 1. The van der Waals surface area contributed by atoms with E-state index in [1.54, 1.807) is 7.11 Å². The van der Waals surface area contributed by atoms with Gasteiger partial charge in [-0.15, -0.1) is 0 Å². The van der Waals surface area contributed by atoms with Gasteiger partial charge in [0.15, 0.2) is 0 Å². The molecule has 0 saturated heterocycles. The maximum absolute atomic E-state index is 12.1. The summed E-state index contributed by atoms with van der Waals surface area (Å²) in [6, 6.07) is 14.1. The highest BCUT2D eigenvalue weighted by Crippen LogP contribution is 2.25. The molecule has 0 aliphatic heterocycles. The van der Waals surface area contributed by atoms with Crippen LogP contribution in [0.4, 0.5) is 5.69 Å². The topological polar surface area (TPSA) is 50.4 Å². The lowest BCUT2D eigenvalue weighted by Gasteiger charge is -2.11. The van der Waals surface area contributed by atoms with Crippen molar-refractivity contribution < 1.29 is 9.53 Å². The van der Waals surface area contributed by atoms with Crippen molar-refractivity contribution in [2.45, 2.75) is 26.8 Å². The molecule has 1 amide bonds. The highest BCUT2D eigenvalue weighted by Gasteiger charge is 2.07. The van der Waals surface area contributed by atoms with Crippen molar-refractivity contribution in [2.75, 3.05) is 19.0 Å². The molecular weight excluding hydrogens is 288 g/mol. The van der Waals surface area contributed by atoms with Crippen LogP contribution in [0.2, 0.25) is 0 Å². The first-order chi connectivity index (χ1) is 11.1. The Bertz CT molecular complexity index is 668. The molecule has 2 N–H and O–H groups in total. The van der Waals surface area contributed by atoms with Gasteiger partial charge in [0.25, 0.3) is 0 Å². The predicted molar refractivity (Wildman–Crippen MR) is 93.9 cm³/mol. The van der Waals surface area contributed by atoms with Crippen LogP contribution in [0.25, 0.3) is 0 Å². The number of carbonyl (C=O) groups is 1. The van der Waals surface area contributed by atoms with E-state index in [0.29, 0.717) is 18.7 Å². The largest absolute Gasteiger partial charge is 0.495 e. The highest BCUT2D eigenvalue weighted by atomic mass is 16.5. The molecule has 2 rings (SSSR count). The molecule has 0 bridgehead atoms. The predicted octanol–water partition coefficient (Wildman–Crippen LogP) is 3.43. The molecule has 0 atom stereocenters. The van der Waals surface area contributed by atoms with Crippen LogP contribution in [0.1, 0.15) is 23.1 Å². The van der Waals surface area contributed by atoms with Crippen LogP contribution in [0.15, 0.2) is 42.5 Å². The van der Waals surface area contributed by atoms with Crippen LogP contribution >= 0.6 is 0 Å². The Morgan fingerprint density at radius 3 is 2.61 bits per heavy atom. The molecule has 4 heteroatoms. The zero-order valence-electron chi connectivity index (χ0n) is 14.0. The SMILES string of the molecule is COc1ccc(C)cc1NC(=O)CCNCc1cccc(C)c1. The molecule has 0 radical (unpaired) electrons. The van der Waals surface area contributed by atoms with Gasteiger partial charge in [-0.3, -0.25) is 4.79 Å². The minimum atomic E-state index is -0.0226. The van der Waals surface area contributed by atoms with Crippen molar-refractivity contribution in [3.05, 3.63) is 59.2 Å². The average Bonchev–Trinajstić information content (AvgIpc) is 2.52. The minimum absolute atomic E-state index is 0.0226. The molecule has 4 nitrogen and oxygen atoms in total. The molecule has 0 spiro atoms. The van der Waals surface area contributed by atoms with Crippen LogP contribution in [0, 0.1) is 13.8 Å². The molecular formula is C19H24N2O2. The quantitative estimate of drug-likeness (QED) is 0.770. The first kappa shape index (κ1) is 17.0. The first-order valence-electron chi connectivity index (χ1n) is 7.79. The van der Waals surface area contributed by atoms with Gasteiger partial charge in [0.1, 0.15) is 5.75 Å². The molecule has 23 heavy (non-hydrogen) atoms. The van der Waals surface area contributed by atoms with Gasteiger partial charge >= 0.3 is 0 Å². The molecule has 2 aromatic rings. The molecule has 0 aliphatic rings. The Balaban J connectivity index is 1.78. The molecule has 0 saturated carbocycles. The van der Waals surface area contributed by atoms with Crippen molar-refractivity contribution in [3.63, 3.8) is 0 Å². The Labute approximate surface area is 137 Å². The zero-order valence-corrected chi connectivity index (χ0v) is 14.0. The van der Waals surface area contributed by atoms with Crippen molar-refractivity contribution in [1.82, 2.24) is 5.32 Å². The van der Waals surface area contributed by atoms with Gasteiger partial charge in [0.2, 0.25) is 5.91 Å². The van der Waals surface area contributed by atoms with Crippen LogP contribution < -0.4 is 15.4 Å². The van der Waals surface area contributed by atoms with E-state index in [1.807, 2.05) is 31.2 Å². The van der Waals surface area contributed by atoms with Gasteiger partial charge in [-0.05, 0) is 37.1 Å². The second-order valence-electron chi connectivity index (χ2n) is 5.67. The second kappa shape index (κ2) is 8.34. The van der Waals surface area contributed by atoms with Crippen molar-refractivity contribution in [3.8, 4) is 5.75 Å². The summed E-state index contributed by atoms with van der Waals surface area (Å²) < 4.78 is 5.27. The number of nitrogens with one attached hydrogen (secondary N) is 2. The third-order valence-corrected chi connectivity index (χ3v) is 3.57. The molecule has 0 aliphatic carbocycles. The lowest BCUT2D eigenvalue weighted by Crippen LogP contribution is -2.21.